The summed E-state index contributed by atoms with van der Waals surface area (Å²) in [5.41, 5.74) is 1.31. The van der Waals surface area contributed by atoms with E-state index in [1.807, 2.05) is 17.9 Å². The van der Waals surface area contributed by atoms with Crippen molar-refractivity contribution in [1.29, 1.82) is 0 Å². The lowest BCUT2D eigenvalue weighted by Crippen LogP contribution is -2.57. The fourth-order valence-electron chi connectivity index (χ4n) is 3.44. The summed E-state index contributed by atoms with van der Waals surface area (Å²) in [4.78, 5) is 14.6. The Morgan fingerprint density at radius 1 is 1.29 bits per heavy atom. The van der Waals surface area contributed by atoms with E-state index in [2.05, 4.69) is 29.6 Å². The van der Waals surface area contributed by atoms with Gasteiger partial charge >= 0.3 is 0 Å². The van der Waals surface area contributed by atoms with Gasteiger partial charge in [-0.3, -0.25) is 4.79 Å². The molecule has 1 N–H and O–H groups in total. The molecule has 132 valence electrons. The van der Waals surface area contributed by atoms with Gasteiger partial charge in [0, 0.05) is 19.6 Å². The van der Waals surface area contributed by atoms with Crippen molar-refractivity contribution >= 4 is 5.91 Å². The van der Waals surface area contributed by atoms with E-state index in [-0.39, 0.29) is 24.2 Å². The first kappa shape index (κ1) is 17.4. The molecule has 0 radical (unpaired) electrons. The molecule has 0 saturated carbocycles. The van der Waals surface area contributed by atoms with Gasteiger partial charge < -0.3 is 19.7 Å². The van der Waals surface area contributed by atoms with Gasteiger partial charge in [0.05, 0.1) is 25.4 Å². The van der Waals surface area contributed by atoms with Gasteiger partial charge in [-0.25, -0.2) is 0 Å². The van der Waals surface area contributed by atoms with Crippen LogP contribution in [-0.4, -0.2) is 61.9 Å². The third-order valence-electron chi connectivity index (χ3n) is 4.92. The number of carbonyl (C=O) groups excluding carboxylic acids is 1. The van der Waals surface area contributed by atoms with Crippen molar-refractivity contribution in [3.05, 3.63) is 35.9 Å². The van der Waals surface area contributed by atoms with Crippen LogP contribution in [0, 0.1) is 0 Å². The van der Waals surface area contributed by atoms with Gasteiger partial charge in [0.2, 0.25) is 5.91 Å². The molecule has 2 atom stereocenters. The molecule has 3 rings (SSSR count). The van der Waals surface area contributed by atoms with Gasteiger partial charge in [0.25, 0.3) is 0 Å². The van der Waals surface area contributed by atoms with Crippen LogP contribution in [0.5, 0.6) is 0 Å². The van der Waals surface area contributed by atoms with Gasteiger partial charge in [-0.1, -0.05) is 30.3 Å². The average molecular weight is 332 g/mol. The van der Waals surface area contributed by atoms with Crippen LogP contribution >= 0.6 is 0 Å². The summed E-state index contributed by atoms with van der Waals surface area (Å²) in [7, 11) is 0. The fourth-order valence-corrected chi connectivity index (χ4v) is 3.44. The zero-order chi connectivity index (χ0) is 16.8. The predicted molar refractivity (Wildman–Crippen MR) is 92.9 cm³/mol. The number of nitrogens with zero attached hydrogens (tertiary/aromatic N) is 1. The SMILES string of the molecule is C[C@H]1OCCN[C@@H]1C(=O)N1CCC(OCCc2ccccc2)CC1. The number of hydrogen-bond acceptors (Lipinski definition) is 4. The van der Waals surface area contributed by atoms with Crippen LogP contribution in [0.25, 0.3) is 0 Å². The summed E-state index contributed by atoms with van der Waals surface area (Å²) >= 11 is 0. The topological polar surface area (TPSA) is 50.8 Å². The molecule has 2 fully saturated rings. The van der Waals surface area contributed by atoms with E-state index in [9.17, 15) is 4.79 Å². The Morgan fingerprint density at radius 3 is 2.75 bits per heavy atom. The highest BCUT2D eigenvalue weighted by Crippen LogP contribution is 2.17. The Morgan fingerprint density at radius 2 is 2.04 bits per heavy atom. The highest BCUT2D eigenvalue weighted by molar-refractivity contribution is 5.82. The molecule has 2 aliphatic rings. The van der Waals surface area contributed by atoms with Gasteiger partial charge in [-0.2, -0.15) is 0 Å². The number of ether oxygens (including phenoxy) is 2. The van der Waals surface area contributed by atoms with Crippen molar-refractivity contribution in [2.24, 2.45) is 0 Å². The third-order valence-corrected chi connectivity index (χ3v) is 4.92. The van der Waals surface area contributed by atoms with Crippen molar-refractivity contribution in [1.82, 2.24) is 10.2 Å². The molecule has 0 unspecified atom stereocenters. The molecule has 0 spiro atoms. The van der Waals surface area contributed by atoms with Crippen LogP contribution in [0.3, 0.4) is 0 Å². The lowest BCUT2D eigenvalue weighted by atomic mass is 10.0. The van der Waals surface area contributed by atoms with E-state index in [0.29, 0.717) is 6.61 Å². The number of benzene rings is 1. The van der Waals surface area contributed by atoms with Crippen LogP contribution < -0.4 is 5.32 Å². The second-order valence-corrected chi connectivity index (χ2v) is 6.64. The number of likely N-dealkylation sites (tertiary alicyclic amines) is 1. The maximum absolute atomic E-state index is 12.6. The Kier molecular flexibility index (Phi) is 6.24. The number of carbonyl (C=O) groups is 1. The van der Waals surface area contributed by atoms with Gasteiger partial charge in [0.15, 0.2) is 0 Å². The van der Waals surface area contributed by atoms with Crippen molar-refractivity contribution < 1.29 is 14.3 Å². The zero-order valence-corrected chi connectivity index (χ0v) is 14.4. The molecule has 2 heterocycles. The molecule has 24 heavy (non-hydrogen) atoms. The highest BCUT2D eigenvalue weighted by Gasteiger charge is 2.33. The minimum absolute atomic E-state index is 0.0499. The van der Waals surface area contributed by atoms with Crippen molar-refractivity contribution in [2.45, 2.75) is 44.4 Å². The van der Waals surface area contributed by atoms with Crippen molar-refractivity contribution in [3.8, 4) is 0 Å². The predicted octanol–water partition coefficient (Wildman–Crippen LogP) is 1.61. The monoisotopic (exact) mass is 332 g/mol. The normalized spacial score (nSPS) is 25.6. The van der Waals surface area contributed by atoms with E-state index in [1.165, 1.54) is 5.56 Å². The Balaban J connectivity index is 1.38. The summed E-state index contributed by atoms with van der Waals surface area (Å²) in [6.45, 7) is 5.70. The molecule has 0 aliphatic carbocycles. The van der Waals surface area contributed by atoms with Crippen LogP contribution in [0.1, 0.15) is 25.3 Å². The Hall–Kier alpha value is -1.43. The van der Waals surface area contributed by atoms with Crippen LogP contribution in [-0.2, 0) is 20.7 Å². The molecule has 1 aromatic rings. The number of piperidine rings is 1. The highest BCUT2D eigenvalue weighted by atomic mass is 16.5. The van der Waals surface area contributed by atoms with E-state index < -0.39 is 0 Å². The van der Waals surface area contributed by atoms with Gasteiger partial charge in [-0.05, 0) is 31.7 Å². The smallest absolute Gasteiger partial charge is 0.242 e. The first-order valence-electron chi connectivity index (χ1n) is 9.03. The average Bonchev–Trinajstić information content (AvgIpc) is 2.63. The van der Waals surface area contributed by atoms with Crippen molar-refractivity contribution in [2.75, 3.05) is 32.8 Å². The molecular formula is C19H28N2O3. The van der Waals surface area contributed by atoms with Crippen LogP contribution in [0.2, 0.25) is 0 Å². The minimum atomic E-state index is -0.200. The standard InChI is InChI=1S/C19H28N2O3/c1-15-18(20-10-14-23-15)19(22)21-11-7-17(8-12-21)24-13-9-16-5-3-2-4-6-16/h2-6,15,17-18,20H,7-14H2,1H3/t15-,18+/m1/s1. The van der Waals surface area contributed by atoms with Crippen LogP contribution in [0.15, 0.2) is 30.3 Å². The first-order chi connectivity index (χ1) is 11.7. The fraction of sp³-hybridized carbons (Fsp3) is 0.632. The number of morpholine rings is 1. The third kappa shape index (κ3) is 4.56. The molecular weight excluding hydrogens is 304 g/mol. The quantitative estimate of drug-likeness (QED) is 0.890. The maximum atomic E-state index is 12.6. The van der Waals surface area contributed by atoms with Crippen LogP contribution in [0.4, 0.5) is 0 Å². The summed E-state index contributed by atoms with van der Waals surface area (Å²) in [5, 5.41) is 3.28. The largest absolute Gasteiger partial charge is 0.378 e. The summed E-state index contributed by atoms with van der Waals surface area (Å²) < 4.78 is 11.6. The first-order valence-corrected chi connectivity index (χ1v) is 9.03. The Labute approximate surface area is 144 Å². The molecule has 0 aromatic heterocycles. The molecule has 0 bridgehead atoms. The minimum Gasteiger partial charge on any atom is -0.378 e. The molecule has 2 saturated heterocycles. The lowest BCUT2D eigenvalue weighted by molar-refractivity contribution is -0.142. The Bertz CT molecular complexity index is 515. The second-order valence-electron chi connectivity index (χ2n) is 6.64. The molecule has 5 heteroatoms. The molecule has 2 aliphatic heterocycles. The van der Waals surface area contributed by atoms with Gasteiger partial charge in [0.1, 0.15) is 6.04 Å². The summed E-state index contributed by atoms with van der Waals surface area (Å²) in [5.74, 6) is 0.171. The van der Waals surface area contributed by atoms with E-state index in [0.717, 1.165) is 45.5 Å². The molecule has 1 aromatic carbocycles. The van der Waals surface area contributed by atoms with Crippen molar-refractivity contribution in [3.63, 3.8) is 0 Å². The summed E-state index contributed by atoms with van der Waals surface area (Å²) in [6.07, 6.45) is 3.00. The number of nitrogens with one attached hydrogen (secondary N) is 1. The second kappa shape index (κ2) is 8.60. The lowest BCUT2D eigenvalue weighted by Gasteiger charge is -2.37. The van der Waals surface area contributed by atoms with E-state index in [1.54, 1.807) is 0 Å². The number of rotatable bonds is 5. The molecule has 5 nitrogen and oxygen atoms in total. The van der Waals surface area contributed by atoms with E-state index >= 15 is 0 Å². The molecule has 1 amide bonds. The maximum Gasteiger partial charge on any atom is 0.242 e. The number of hydrogen-bond donors (Lipinski definition) is 1. The summed E-state index contributed by atoms with van der Waals surface area (Å²) in [6, 6.07) is 10.2. The zero-order valence-electron chi connectivity index (χ0n) is 14.4. The van der Waals surface area contributed by atoms with E-state index in [4.69, 9.17) is 9.47 Å². The number of amides is 1. The van der Waals surface area contributed by atoms with Gasteiger partial charge in [-0.15, -0.1) is 0 Å².